The zero-order chi connectivity index (χ0) is 28.9. The molecule has 0 unspecified atom stereocenters. The van der Waals surface area contributed by atoms with E-state index in [1.165, 1.54) is 11.3 Å². The van der Waals surface area contributed by atoms with Crippen LogP contribution in [0.1, 0.15) is 58.9 Å². The number of anilines is 1. The Morgan fingerprint density at radius 3 is 1.74 bits per heavy atom. The normalized spacial score (nSPS) is 11.6. The third-order valence-corrected chi connectivity index (χ3v) is 7.99. The maximum Gasteiger partial charge on any atom is 0.157 e. The fourth-order valence-electron chi connectivity index (χ4n) is 6.04. The number of nitrogens with two attached hydrogens (primary N) is 1. The van der Waals surface area contributed by atoms with E-state index in [9.17, 15) is 0 Å². The molecule has 42 heavy (non-hydrogen) atoms. The fraction of sp³-hybridized carbons (Fsp3) is 0.200. The highest BCUT2D eigenvalue weighted by molar-refractivity contribution is 5.50. The van der Waals surface area contributed by atoms with Gasteiger partial charge in [-0.3, -0.25) is 4.68 Å². The van der Waals surface area contributed by atoms with Crippen LogP contribution in [0.15, 0.2) is 115 Å². The summed E-state index contributed by atoms with van der Waals surface area (Å²) in [6.07, 6.45) is 2.23. The molecule has 7 heteroatoms. The molecule has 6 rings (SSSR count). The predicted molar refractivity (Wildman–Crippen MR) is 166 cm³/mol. The van der Waals surface area contributed by atoms with Crippen LogP contribution in [0.2, 0.25) is 0 Å². The van der Waals surface area contributed by atoms with Crippen LogP contribution in [0, 0.1) is 0 Å². The van der Waals surface area contributed by atoms with E-state index in [1.54, 1.807) is 0 Å². The predicted octanol–water partition coefficient (Wildman–Crippen LogP) is 6.06. The summed E-state index contributed by atoms with van der Waals surface area (Å²) in [4.78, 5) is 0. The molecule has 0 radical (unpaired) electrons. The second-order valence-electron chi connectivity index (χ2n) is 10.5. The van der Waals surface area contributed by atoms with Crippen molar-refractivity contribution in [2.24, 2.45) is 0 Å². The Kier molecular flexibility index (Phi) is 7.64. The summed E-state index contributed by atoms with van der Waals surface area (Å²) >= 11 is 0. The maximum absolute atomic E-state index is 5.93. The Morgan fingerprint density at radius 2 is 1.24 bits per heavy atom. The lowest BCUT2D eigenvalue weighted by molar-refractivity contribution is 0.432. The number of rotatable bonds is 10. The Bertz CT molecular complexity index is 1640. The van der Waals surface area contributed by atoms with E-state index in [-0.39, 0.29) is 0 Å². The Labute approximate surface area is 246 Å². The van der Waals surface area contributed by atoms with E-state index in [1.807, 2.05) is 35.0 Å². The molecular formula is C35H35N7. The summed E-state index contributed by atoms with van der Waals surface area (Å²) in [5.74, 6) is 0.781. The standard InChI is InChI=1S/C35H35N7/c1-3-32-31(33(4-2)41(38-32)25-26-20-22-30(36)23-21-26)24-34-37-39-40-42(34)35(27-14-8-5-9-15-27,28-16-10-6-11-17-28)29-18-12-7-13-19-29/h5-23H,3-4,24-25,36H2,1-2H3. The minimum Gasteiger partial charge on any atom is -0.399 e. The van der Waals surface area contributed by atoms with Crippen LogP contribution in [0.5, 0.6) is 0 Å². The zero-order valence-electron chi connectivity index (χ0n) is 24.1. The first-order valence-corrected chi connectivity index (χ1v) is 14.5. The van der Waals surface area contributed by atoms with Crippen LogP contribution in [-0.2, 0) is 31.3 Å². The van der Waals surface area contributed by atoms with Gasteiger partial charge in [0.2, 0.25) is 0 Å². The lowest BCUT2D eigenvalue weighted by Gasteiger charge is -2.36. The van der Waals surface area contributed by atoms with Crippen LogP contribution in [0.3, 0.4) is 0 Å². The van der Waals surface area contributed by atoms with Crippen LogP contribution in [0.25, 0.3) is 0 Å². The summed E-state index contributed by atoms with van der Waals surface area (Å²) in [6, 6.07) is 39.5. The van der Waals surface area contributed by atoms with Crippen LogP contribution in [0.4, 0.5) is 5.69 Å². The van der Waals surface area contributed by atoms with Crippen molar-refractivity contribution in [1.82, 2.24) is 30.0 Å². The van der Waals surface area contributed by atoms with Crippen molar-refractivity contribution in [3.05, 3.63) is 160 Å². The maximum atomic E-state index is 5.93. The Hall–Kier alpha value is -5.04. The van der Waals surface area contributed by atoms with Gasteiger partial charge in [-0.25, -0.2) is 4.68 Å². The SMILES string of the molecule is CCc1nn(Cc2ccc(N)cc2)c(CC)c1Cc1nnnn1C(c1ccccc1)(c1ccccc1)c1ccccc1. The minimum atomic E-state index is -0.776. The monoisotopic (exact) mass is 553 g/mol. The van der Waals surface area contributed by atoms with Crippen molar-refractivity contribution in [2.75, 3.05) is 5.73 Å². The van der Waals surface area contributed by atoms with Crippen molar-refractivity contribution >= 4 is 5.69 Å². The lowest BCUT2D eigenvalue weighted by atomic mass is 9.77. The summed E-state index contributed by atoms with van der Waals surface area (Å²) in [6.45, 7) is 5.03. The number of nitrogens with zero attached hydrogens (tertiary/aromatic N) is 6. The van der Waals surface area contributed by atoms with Gasteiger partial charge in [0.05, 0.1) is 12.2 Å². The van der Waals surface area contributed by atoms with Crippen LogP contribution < -0.4 is 5.73 Å². The summed E-state index contributed by atoms with van der Waals surface area (Å²) in [5, 5.41) is 18.7. The van der Waals surface area contributed by atoms with Crippen molar-refractivity contribution in [3.8, 4) is 0 Å². The molecule has 0 aliphatic carbocycles. The quantitative estimate of drug-likeness (QED) is 0.165. The van der Waals surface area contributed by atoms with Gasteiger partial charge in [0, 0.05) is 23.4 Å². The van der Waals surface area contributed by atoms with E-state index in [0.29, 0.717) is 13.0 Å². The van der Waals surface area contributed by atoms with Crippen molar-refractivity contribution in [3.63, 3.8) is 0 Å². The van der Waals surface area contributed by atoms with Gasteiger partial charge in [0.1, 0.15) is 5.54 Å². The van der Waals surface area contributed by atoms with Crippen molar-refractivity contribution in [2.45, 2.75) is 45.2 Å². The first-order chi connectivity index (χ1) is 20.6. The highest BCUT2D eigenvalue weighted by atomic mass is 15.6. The third-order valence-electron chi connectivity index (χ3n) is 7.99. The molecular weight excluding hydrogens is 518 g/mol. The van der Waals surface area contributed by atoms with Gasteiger partial charge >= 0.3 is 0 Å². The number of hydrogen-bond acceptors (Lipinski definition) is 5. The highest BCUT2D eigenvalue weighted by Gasteiger charge is 2.41. The third kappa shape index (κ3) is 4.87. The topological polar surface area (TPSA) is 87.4 Å². The first-order valence-electron chi connectivity index (χ1n) is 14.5. The summed E-state index contributed by atoms with van der Waals surface area (Å²) in [5.41, 5.74) is 13.8. The van der Waals surface area contributed by atoms with E-state index in [0.717, 1.165) is 52.3 Å². The number of hydrogen-bond donors (Lipinski definition) is 1. The molecule has 0 spiro atoms. The number of tetrazole rings is 1. The number of aromatic nitrogens is 6. The molecule has 0 bridgehead atoms. The molecule has 2 heterocycles. The van der Waals surface area contributed by atoms with E-state index < -0.39 is 5.54 Å². The molecule has 6 aromatic rings. The number of benzene rings is 4. The summed E-state index contributed by atoms with van der Waals surface area (Å²) in [7, 11) is 0. The average Bonchev–Trinajstić information content (AvgIpc) is 3.64. The van der Waals surface area contributed by atoms with E-state index >= 15 is 0 Å². The van der Waals surface area contributed by atoms with Gasteiger partial charge < -0.3 is 5.73 Å². The molecule has 0 aliphatic heterocycles. The molecule has 0 atom stereocenters. The molecule has 2 aromatic heterocycles. The molecule has 0 aliphatic rings. The number of aryl methyl sites for hydroxylation is 1. The number of nitrogen functional groups attached to an aromatic ring is 1. The van der Waals surface area contributed by atoms with Crippen LogP contribution >= 0.6 is 0 Å². The molecule has 7 nitrogen and oxygen atoms in total. The van der Waals surface area contributed by atoms with Crippen molar-refractivity contribution < 1.29 is 0 Å². The average molecular weight is 554 g/mol. The van der Waals surface area contributed by atoms with Crippen molar-refractivity contribution in [1.29, 1.82) is 0 Å². The molecule has 210 valence electrons. The van der Waals surface area contributed by atoms with Gasteiger partial charge in [0.25, 0.3) is 0 Å². The Balaban J connectivity index is 1.52. The molecule has 0 fully saturated rings. The van der Waals surface area contributed by atoms with Gasteiger partial charge in [0.15, 0.2) is 5.82 Å². The fourth-order valence-corrected chi connectivity index (χ4v) is 6.04. The van der Waals surface area contributed by atoms with E-state index in [4.69, 9.17) is 16.0 Å². The Morgan fingerprint density at radius 1 is 0.690 bits per heavy atom. The van der Waals surface area contributed by atoms with Gasteiger partial charge in [-0.1, -0.05) is 117 Å². The summed E-state index contributed by atoms with van der Waals surface area (Å²) < 4.78 is 4.15. The highest BCUT2D eigenvalue weighted by Crippen LogP contribution is 2.41. The molecule has 4 aromatic carbocycles. The van der Waals surface area contributed by atoms with E-state index in [2.05, 4.69) is 114 Å². The van der Waals surface area contributed by atoms with Gasteiger partial charge in [-0.2, -0.15) is 5.10 Å². The lowest BCUT2D eigenvalue weighted by Crippen LogP contribution is -2.40. The first kappa shape index (κ1) is 27.1. The largest absolute Gasteiger partial charge is 0.399 e. The van der Waals surface area contributed by atoms with Gasteiger partial charge in [-0.05, 0) is 57.7 Å². The second-order valence-corrected chi connectivity index (χ2v) is 10.5. The van der Waals surface area contributed by atoms with Crippen LogP contribution in [-0.4, -0.2) is 30.0 Å². The molecule has 0 saturated heterocycles. The zero-order valence-corrected chi connectivity index (χ0v) is 24.1. The van der Waals surface area contributed by atoms with Gasteiger partial charge in [-0.15, -0.1) is 5.10 Å². The molecule has 2 N–H and O–H groups in total. The smallest absolute Gasteiger partial charge is 0.157 e. The minimum absolute atomic E-state index is 0.565. The molecule has 0 amide bonds. The molecule has 0 saturated carbocycles. The second kappa shape index (κ2) is 11.8.